The predicted molar refractivity (Wildman–Crippen MR) is 99.7 cm³/mol. The molecule has 1 heterocycles. The summed E-state index contributed by atoms with van der Waals surface area (Å²) >= 11 is 0. The first-order valence-electron chi connectivity index (χ1n) is 8.06. The van der Waals surface area contributed by atoms with E-state index in [2.05, 4.69) is 83.8 Å². The zero-order chi connectivity index (χ0) is 16.9. The van der Waals surface area contributed by atoms with E-state index < -0.39 is 0 Å². The van der Waals surface area contributed by atoms with Gasteiger partial charge in [0.2, 0.25) is 5.95 Å². The van der Waals surface area contributed by atoms with E-state index in [9.17, 15) is 0 Å². The highest BCUT2D eigenvalue weighted by molar-refractivity contribution is 5.57. The lowest BCUT2D eigenvalue weighted by atomic mass is 10.1. The van der Waals surface area contributed by atoms with Gasteiger partial charge in [-0.15, -0.1) is 0 Å². The summed E-state index contributed by atoms with van der Waals surface area (Å²) in [5.41, 5.74) is 5.92. The maximum absolute atomic E-state index is 4.53. The lowest BCUT2D eigenvalue weighted by molar-refractivity contribution is 1.08. The van der Waals surface area contributed by atoms with Crippen molar-refractivity contribution in [2.24, 2.45) is 0 Å². The van der Waals surface area contributed by atoms with E-state index >= 15 is 0 Å². The fourth-order valence-electron chi connectivity index (χ4n) is 2.59. The fourth-order valence-corrected chi connectivity index (χ4v) is 2.59. The Labute approximate surface area is 143 Å². The average Bonchev–Trinajstić information content (AvgIpc) is 2.54. The van der Waals surface area contributed by atoms with Crippen LogP contribution in [0.15, 0.2) is 54.7 Å². The van der Waals surface area contributed by atoms with E-state index in [-0.39, 0.29) is 0 Å². The largest absolute Gasteiger partial charge is 0.366 e. The molecular formula is C20H22N4. The Hall–Kier alpha value is -2.88. The second kappa shape index (κ2) is 7.13. The topological polar surface area (TPSA) is 49.8 Å². The first-order chi connectivity index (χ1) is 11.6. The van der Waals surface area contributed by atoms with E-state index in [1.807, 2.05) is 6.07 Å². The van der Waals surface area contributed by atoms with Gasteiger partial charge in [-0.2, -0.15) is 4.98 Å². The lowest BCUT2D eigenvalue weighted by Gasteiger charge is -2.10. The number of aromatic nitrogens is 2. The smallest absolute Gasteiger partial charge is 0.229 e. The van der Waals surface area contributed by atoms with Gasteiger partial charge in [0.25, 0.3) is 0 Å². The van der Waals surface area contributed by atoms with E-state index in [4.69, 9.17) is 0 Å². The van der Waals surface area contributed by atoms with Gasteiger partial charge in [0.1, 0.15) is 5.82 Å². The number of benzene rings is 2. The van der Waals surface area contributed by atoms with E-state index in [0.29, 0.717) is 5.95 Å². The van der Waals surface area contributed by atoms with Crippen LogP contribution in [-0.4, -0.2) is 9.97 Å². The highest BCUT2D eigenvalue weighted by Crippen LogP contribution is 2.18. The molecule has 2 N–H and O–H groups in total. The van der Waals surface area contributed by atoms with E-state index in [0.717, 1.165) is 18.1 Å². The minimum absolute atomic E-state index is 0.592. The first kappa shape index (κ1) is 16.0. The minimum Gasteiger partial charge on any atom is -0.366 e. The molecular weight excluding hydrogens is 296 g/mol. The molecule has 0 aliphatic rings. The van der Waals surface area contributed by atoms with Crippen LogP contribution in [0, 0.1) is 20.8 Å². The molecule has 3 rings (SSSR count). The molecule has 0 radical (unpaired) electrons. The molecule has 0 fully saturated rings. The summed E-state index contributed by atoms with van der Waals surface area (Å²) in [7, 11) is 0. The van der Waals surface area contributed by atoms with Gasteiger partial charge >= 0.3 is 0 Å². The Morgan fingerprint density at radius 3 is 2.25 bits per heavy atom. The molecule has 122 valence electrons. The third kappa shape index (κ3) is 4.32. The molecule has 4 nitrogen and oxygen atoms in total. The Balaban J connectivity index is 1.68. The van der Waals surface area contributed by atoms with Gasteiger partial charge in [0, 0.05) is 18.4 Å². The summed E-state index contributed by atoms with van der Waals surface area (Å²) in [4.78, 5) is 8.83. The summed E-state index contributed by atoms with van der Waals surface area (Å²) in [6.45, 7) is 6.99. The number of aryl methyl sites for hydroxylation is 3. The van der Waals surface area contributed by atoms with Crippen LogP contribution in [0.2, 0.25) is 0 Å². The van der Waals surface area contributed by atoms with Crippen LogP contribution in [0.3, 0.4) is 0 Å². The number of anilines is 3. The van der Waals surface area contributed by atoms with Crippen molar-refractivity contribution >= 4 is 17.5 Å². The van der Waals surface area contributed by atoms with Crippen LogP contribution in [0.4, 0.5) is 17.5 Å². The Morgan fingerprint density at radius 2 is 1.54 bits per heavy atom. The zero-order valence-corrected chi connectivity index (χ0v) is 14.3. The van der Waals surface area contributed by atoms with Gasteiger partial charge in [-0.05, 0) is 55.7 Å². The molecule has 0 atom stereocenters. The summed E-state index contributed by atoms with van der Waals surface area (Å²) < 4.78 is 0. The van der Waals surface area contributed by atoms with Crippen LogP contribution < -0.4 is 10.6 Å². The zero-order valence-electron chi connectivity index (χ0n) is 14.3. The van der Waals surface area contributed by atoms with Crippen molar-refractivity contribution in [1.29, 1.82) is 0 Å². The lowest BCUT2D eigenvalue weighted by Crippen LogP contribution is -2.04. The second-order valence-corrected chi connectivity index (χ2v) is 6.11. The van der Waals surface area contributed by atoms with E-state index in [1.165, 1.54) is 22.3 Å². The molecule has 4 heteroatoms. The molecule has 0 unspecified atom stereocenters. The molecule has 0 spiro atoms. The van der Waals surface area contributed by atoms with Crippen molar-refractivity contribution in [2.45, 2.75) is 27.3 Å². The number of hydrogen-bond donors (Lipinski definition) is 2. The standard InChI is InChI=1S/C20H22N4/c1-14-4-6-17(7-5-14)13-22-19-8-9-21-20(24-19)23-18-11-15(2)10-16(3)12-18/h4-12H,13H2,1-3H3,(H2,21,22,23,24). The van der Waals surface area contributed by atoms with Crippen molar-refractivity contribution in [3.63, 3.8) is 0 Å². The van der Waals surface area contributed by atoms with Gasteiger partial charge in [0.05, 0.1) is 0 Å². The van der Waals surface area contributed by atoms with Crippen LogP contribution >= 0.6 is 0 Å². The molecule has 2 aromatic carbocycles. The predicted octanol–water partition coefficient (Wildman–Crippen LogP) is 4.76. The Kier molecular flexibility index (Phi) is 4.75. The fraction of sp³-hybridized carbons (Fsp3) is 0.200. The van der Waals surface area contributed by atoms with Crippen molar-refractivity contribution in [1.82, 2.24) is 9.97 Å². The molecule has 0 aliphatic heterocycles. The monoisotopic (exact) mass is 318 g/mol. The van der Waals surface area contributed by atoms with Crippen molar-refractivity contribution in [3.05, 3.63) is 77.0 Å². The highest BCUT2D eigenvalue weighted by atomic mass is 15.1. The summed E-state index contributed by atoms with van der Waals surface area (Å²) in [5.74, 6) is 1.39. The third-order valence-electron chi connectivity index (χ3n) is 3.73. The molecule has 0 amide bonds. The Morgan fingerprint density at radius 1 is 0.833 bits per heavy atom. The van der Waals surface area contributed by atoms with Crippen molar-refractivity contribution in [2.75, 3.05) is 10.6 Å². The highest BCUT2D eigenvalue weighted by Gasteiger charge is 2.02. The van der Waals surface area contributed by atoms with Gasteiger partial charge in [0.15, 0.2) is 0 Å². The molecule has 0 aliphatic carbocycles. The quantitative estimate of drug-likeness (QED) is 0.712. The second-order valence-electron chi connectivity index (χ2n) is 6.11. The molecule has 0 bridgehead atoms. The molecule has 3 aromatic rings. The van der Waals surface area contributed by atoms with Crippen LogP contribution in [0.25, 0.3) is 0 Å². The third-order valence-corrected chi connectivity index (χ3v) is 3.73. The first-order valence-corrected chi connectivity index (χ1v) is 8.06. The normalized spacial score (nSPS) is 10.5. The Bertz CT molecular complexity index is 805. The summed E-state index contributed by atoms with van der Waals surface area (Å²) in [5, 5.41) is 6.61. The SMILES string of the molecule is Cc1ccc(CNc2ccnc(Nc3cc(C)cc(C)c3)n2)cc1. The number of nitrogens with one attached hydrogen (secondary N) is 2. The molecule has 24 heavy (non-hydrogen) atoms. The van der Waals surface area contributed by atoms with Crippen LogP contribution in [0.1, 0.15) is 22.3 Å². The van der Waals surface area contributed by atoms with Crippen molar-refractivity contribution < 1.29 is 0 Å². The van der Waals surface area contributed by atoms with Gasteiger partial charge in [-0.3, -0.25) is 0 Å². The minimum atomic E-state index is 0.592. The molecule has 1 aromatic heterocycles. The average molecular weight is 318 g/mol. The maximum atomic E-state index is 4.53. The van der Waals surface area contributed by atoms with Gasteiger partial charge in [-0.25, -0.2) is 4.98 Å². The number of hydrogen-bond acceptors (Lipinski definition) is 4. The maximum Gasteiger partial charge on any atom is 0.229 e. The molecule has 0 saturated heterocycles. The van der Waals surface area contributed by atoms with Crippen LogP contribution in [-0.2, 0) is 6.54 Å². The van der Waals surface area contributed by atoms with Gasteiger partial charge in [-0.1, -0.05) is 35.9 Å². The van der Waals surface area contributed by atoms with Crippen molar-refractivity contribution in [3.8, 4) is 0 Å². The number of rotatable bonds is 5. The van der Waals surface area contributed by atoms with Crippen LogP contribution in [0.5, 0.6) is 0 Å². The summed E-state index contributed by atoms with van der Waals surface area (Å²) in [6.07, 6.45) is 1.76. The molecule has 0 saturated carbocycles. The number of nitrogens with zero attached hydrogens (tertiary/aromatic N) is 2. The van der Waals surface area contributed by atoms with Gasteiger partial charge < -0.3 is 10.6 Å². The summed E-state index contributed by atoms with van der Waals surface area (Å²) in [6, 6.07) is 16.7. The van der Waals surface area contributed by atoms with E-state index in [1.54, 1.807) is 6.20 Å².